The molecule has 0 radical (unpaired) electrons. The lowest BCUT2D eigenvalue weighted by molar-refractivity contribution is 0.140. The number of hydrogen-bond donors (Lipinski definition) is 2. The molecule has 0 saturated heterocycles. The van der Waals surface area contributed by atoms with Crippen LogP contribution in [0.25, 0.3) is 0 Å². The molecule has 2 N–H and O–H groups in total. The van der Waals surface area contributed by atoms with E-state index in [2.05, 4.69) is 20.6 Å². The maximum Gasteiger partial charge on any atom is 0.407 e. The summed E-state index contributed by atoms with van der Waals surface area (Å²) >= 11 is 0. The van der Waals surface area contributed by atoms with Crippen LogP contribution in [0.1, 0.15) is 11.1 Å². The zero-order chi connectivity index (χ0) is 14.9. The van der Waals surface area contributed by atoms with Gasteiger partial charge in [-0.1, -0.05) is 30.3 Å². The smallest absolute Gasteiger partial charge is 0.407 e. The summed E-state index contributed by atoms with van der Waals surface area (Å²) in [5.74, 6) is 0.542. The van der Waals surface area contributed by atoms with Gasteiger partial charge in [0.25, 0.3) is 0 Å². The maximum absolute atomic E-state index is 11.5. The molecule has 21 heavy (non-hydrogen) atoms. The van der Waals surface area contributed by atoms with Gasteiger partial charge in [-0.25, -0.2) is 14.8 Å². The number of nitrogens with one attached hydrogen (secondary N) is 2. The molecule has 2 rings (SSSR count). The van der Waals surface area contributed by atoms with E-state index in [1.807, 2.05) is 37.3 Å². The SMILES string of the molecule is Cc1cnc(NCCNC(=O)OCc2ccccc2)nc1. The van der Waals surface area contributed by atoms with Gasteiger partial charge in [0.15, 0.2) is 0 Å². The highest BCUT2D eigenvalue weighted by molar-refractivity contribution is 5.67. The summed E-state index contributed by atoms with van der Waals surface area (Å²) in [6.07, 6.45) is 3.03. The van der Waals surface area contributed by atoms with Crippen molar-refractivity contribution >= 4 is 12.0 Å². The van der Waals surface area contributed by atoms with Gasteiger partial charge in [-0.05, 0) is 18.1 Å². The normalized spacial score (nSPS) is 9.95. The van der Waals surface area contributed by atoms with Crippen molar-refractivity contribution in [2.24, 2.45) is 0 Å². The quantitative estimate of drug-likeness (QED) is 0.795. The van der Waals surface area contributed by atoms with Crippen molar-refractivity contribution in [2.75, 3.05) is 18.4 Å². The Morgan fingerprint density at radius 3 is 2.57 bits per heavy atom. The van der Waals surface area contributed by atoms with Gasteiger partial charge in [0.2, 0.25) is 5.95 Å². The summed E-state index contributed by atoms with van der Waals surface area (Å²) in [7, 11) is 0. The van der Waals surface area contributed by atoms with E-state index in [1.54, 1.807) is 12.4 Å². The van der Waals surface area contributed by atoms with Crippen LogP contribution >= 0.6 is 0 Å². The highest BCUT2D eigenvalue weighted by atomic mass is 16.5. The monoisotopic (exact) mass is 286 g/mol. The molecule has 1 aromatic carbocycles. The summed E-state index contributed by atoms with van der Waals surface area (Å²) in [4.78, 5) is 19.7. The van der Waals surface area contributed by atoms with E-state index in [9.17, 15) is 4.79 Å². The minimum Gasteiger partial charge on any atom is -0.445 e. The molecule has 1 amide bonds. The first-order chi connectivity index (χ1) is 10.2. The van der Waals surface area contributed by atoms with Gasteiger partial charge in [-0.15, -0.1) is 0 Å². The number of aromatic nitrogens is 2. The number of amides is 1. The van der Waals surface area contributed by atoms with Gasteiger partial charge in [0.05, 0.1) is 0 Å². The molecular formula is C15H18N4O2. The largest absolute Gasteiger partial charge is 0.445 e. The van der Waals surface area contributed by atoms with Crippen molar-refractivity contribution < 1.29 is 9.53 Å². The van der Waals surface area contributed by atoms with Gasteiger partial charge in [0.1, 0.15) is 6.61 Å². The summed E-state index contributed by atoms with van der Waals surface area (Å²) in [5.41, 5.74) is 1.96. The van der Waals surface area contributed by atoms with E-state index in [0.29, 0.717) is 19.0 Å². The lowest BCUT2D eigenvalue weighted by Gasteiger charge is -2.08. The van der Waals surface area contributed by atoms with Crippen LogP contribution in [0.2, 0.25) is 0 Å². The van der Waals surface area contributed by atoms with Crippen LogP contribution in [0, 0.1) is 6.92 Å². The van der Waals surface area contributed by atoms with Crippen LogP contribution in [-0.4, -0.2) is 29.2 Å². The Balaban J connectivity index is 1.60. The van der Waals surface area contributed by atoms with E-state index >= 15 is 0 Å². The van der Waals surface area contributed by atoms with Crippen LogP contribution in [-0.2, 0) is 11.3 Å². The molecule has 0 unspecified atom stereocenters. The van der Waals surface area contributed by atoms with E-state index in [0.717, 1.165) is 11.1 Å². The first-order valence-corrected chi connectivity index (χ1v) is 6.71. The Labute approximate surface area is 123 Å². The van der Waals surface area contributed by atoms with E-state index in [4.69, 9.17) is 4.74 Å². The van der Waals surface area contributed by atoms with Crippen molar-refractivity contribution in [3.05, 3.63) is 53.9 Å². The fraction of sp³-hybridized carbons (Fsp3) is 0.267. The van der Waals surface area contributed by atoms with Gasteiger partial charge < -0.3 is 15.4 Å². The first-order valence-electron chi connectivity index (χ1n) is 6.71. The number of anilines is 1. The van der Waals surface area contributed by atoms with Gasteiger partial charge in [-0.2, -0.15) is 0 Å². The predicted molar refractivity (Wildman–Crippen MR) is 79.9 cm³/mol. The zero-order valence-corrected chi connectivity index (χ0v) is 11.9. The molecule has 0 aliphatic carbocycles. The molecule has 2 aromatic rings. The van der Waals surface area contributed by atoms with E-state index in [1.165, 1.54) is 0 Å². The third-order valence-corrected chi connectivity index (χ3v) is 2.67. The standard InChI is InChI=1S/C15H18N4O2/c1-12-9-18-14(19-10-12)16-7-8-17-15(20)21-11-13-5-3-2-4-6-13/h2-6,9-10H,7-8,11H2,1H3,(H,17,20)(H,16,18,19). The predicted octanol–water partition coefficient (Wildman–Crippen LogP) is 2.12. The molecule has 1 heterocycles. The Kier molecular flexibility index (Phi) is 5.51. The van der Waals surface area contributed by atoms with Crippen molar-refractivity contribution in [3.63, 3.8) is 0 Å². The van der Waals surface area contributed by atoms with Gasteiger partial charge in [0, 0.05) is 25.5 Å². The summed E-state index contributed by atoms with van der Waals surface area (Å²) in [5, 5.41) is 5.66. The van der Waals surface area contributed by atoms with Crippen molar-refractivity contribution in [1.82, 2.24) is 15.3 Å². The van der Waals surface area contributed by atoms with E-state index in [-0.39, 0.29) is 6.61 Å². The second-order valence-corrected chi connectivity index (χ2v) is 4.50. The molecule has 1 aromatic heterocycles. The fourth-order valence-electron chi connectivity index (χ4n) is 1.60. The van der Waals surface area contributed by atoms with Crippen molar-refractivity contribution in [1.29, 1.82) is 0 Å². The van der Waals surface area contributed by atoms with Crippen LogP contribution in [0.5, 0.6) is 0 Å². The number of benzene rings is 1. The molecule has 0 atom stereocenters. The second kappa shape index (κ2) is 7.84. The number of nitrogens with zero attached hydrogens (tertiary/aromatic N) is 2. The number of ether oxygens (including phenoxy) is 1. The third kappa shape index (κ3) is 5.48. The Morgan fingerprint density at radius 2 is 1.86 bits per heavy atom. The summed E-state index contributed by atoms with van der Waals surface area (Å²) < 4.78 is 5.09. The highest BCUT2D eigenvalue weighted by Crippen LogP contribution is 2.00. The lowest BCUT2D eigenvalue weighted by Crippen LogP contribution is -2.29. The first kappa shape index (κ1) is 14.8. The average molecular weight is 286 g/mol. The van der Waals surface area contributed by atoms with Gasteiger partial charge >= 0.3 is 6.09 Å². The minimum absolute atomic E-state index is 0.265. The molecule has 6 heteroatoms. The van der Waals surface area contributed by atoms with Crippen LogP contribution in [0.3, 0.4) is 0 Å². The molecule has 0 aliphatic heterocycles. The Hall–Kier alpha value is -2.63. The molecule has 0 spiro atoms. The highest BCUT2D eigenvalue weighted by Gasteiger charge is 2.01. The molecule has 6 nitrogen and oxygen atoms in total. The topological polar surface area (TPSA) is 76.1 Å². The van der Waals surface area contributed by atoms with Crippen molar-refractivity contribution in [2.45, 2.75) is 13.5 Å². The molecule has 0 saturated carbocycles. The summed E-state index contributed by atoms with van der Waals surface area (Å²) in [6.45, 7) is 3.16. The number of carbonyl (C=O) groups is 1. The number of hydrogen-bond acceptors (Lipinski definition) is 5. The minimum atomic E-state index is -0.439. The van der Waals surface area contributed by atoms with Crippen LogP contribution in [0.4, 0.5) is 10.7 Å². The van der Waals surface area contributed by atoms with Gasteiger partial charge in [-0.3, -0.25) is 0 Å². The average Bonchev–Trinajstić information content (AvgIpc) is 2.52. The number of rotatable bonds is 6. The molecular weight excluding hydrogens is 268 g/mol. The zero-order valence-electron chi connectivity index (χ0n) is 11.9. The Bertz CT molecular complexity index is 558. The molecule has 110 valence electrons. The number of carbonyl (C=O) groups excluding carboxylic acids is 1. The number of aryl methyl sites for hydroxylation is 1. The lowest BCUT2D eigenvalue weighted by atomic mass is 10.2. The second-order valence-electron chi connectivity index (χ2n) is 4.50. The molecule has 0 bridgehead atoms. The maximum atomic E-state index is 11.5. The van der Waals surface area contributed by atoms with Crippen LogP contribution in [0.15, 0.2) is 42.7 Å². The number of alkyl carbamates (subject to hydrolysis) is 1. The van der Waals surface area contributed by atoms with Crippen LogP contribution < -0.4 is 10.6 Å². The summed E-state index contributed by atoms with van der Waals surface area (Å²) in [6, 6.07) is 9.54. The van der Waals surface area contributed by atoms with E-state index < -0.39 is 6.09 Å². The fourth-order valence-corrected chi connectivity index (χ4v) is 1.60. The third-order valence-electron chi connectivity index (χ3n) is 2.67. The molecule has 0 aliphatic rings. The molecule has 0 fully saturated rings. The van der Waals surface area contributed by atoms with Crippen molar-refractivity contribution in [3.8, 4) is 0 Å². The Morgan fingerprint density at radius 1 is 1.14 bits per heavy atom.